The molecule has 1 aliphatic rings. The van der Waals surface area contributed by atoms with Gasteiger partial charge in [-0.3, -0.25) is 0 Å². The van der Waals surface area contributed by atoms with Gasteiger partial charge in [0.1, 0.15) is 0 Å². The lowest BCUT2D eigenvalue weighted by atomic mass is 10.1. The highest BCUT2D eigenvalue weighted by molar-refractivity contribution is 5.84. The Labute approximate surface area is 109 Å². The zero-order valence-electron chi connectivity index (χ0n) is 11.4. The Morgan fingerprint density at radius 2 is 2.06 bits per heavy atom. The van der Waals surface area contributed by atoms with Gasteiger partial charge in [-0.05, 0) is 37.0 Å². The van der Waals surface area contributed by atoms with Gasteiger partial charge >= 0.3 is 0 Å². The molecule has 1 fully saturated rings. The van der Waals surface area contributed by atoms with Gasteiger partial charge in [0.05, 0.1) is 0 Å². The van der Waals surface area contributed by atoms with E-state index in [0.717, 1.165) is 12.6 Å². The van der Waals surface area contributed by atoms with Crippen LogP contribution in [-0.4, -0.2) is 10.6 Å². The van der Waals surface area contributed by atoms with Gasteiger partial charge in [-0.15, -0.1) is 0 Å². The van der Waals surface area contributed by atoms with Crippen LogP contribution in [0.5, 0.6) is 0 Å². The summed E-state index contributed by atoms with van der Waals surface area (Å²) in [6.45, 7) is 3.16. The molecule has 1 heterocycles. The van der Waals surface area contributed by atoms with E-state index in [1.807, 2.05) is 0 Å². The molecule has 0 atom stereocenters. The molecule has 18 heavy (non-hydrogen) atoms. The van der Waals surface area contributed by atoms with Crippen molar-refractivity contribution >= 4 is 10.9 Å². The standard InChI is InChI=1S/C16H22N2/c1-12-7-8-15-13(11-18(2)16(15)9-12)10-17-14-5-3-4-6-14/h7-9,11,14,17H,3-6,10H2,1-2H3. The Balaban J connectivity index is 1.83. The number of hydrogen-bond donors (Lipinski definition) is 1. The SMILES string of the molecule is Cc1ccc2c(CNC3CCCC3)cn(C)c2c1. The molecule has 1 N–H and O–H groups in total. The predicted octanol–water partition coefficient (Wildman–Crippen LogP) is 3.52. The van der Waals surface area contributed by atoms with E-state index in [0.29, 0.717) is 0 Å². The fraction of sp³-hybridized carbons (Fsp3) is 0.500. The Kier molecular flexibility index (Phi) is 3.13. The number of nitrogens with zero attached hydrogens (tertiary/aromatic N) is 1. The van der Waals surface area contributed by atoms with Crippen molar-refractivity contribution in [1.29, 1.82) is 0 Å². The van der Waals surface area contributed by atoms with E-state index in [4.69, 9.17) is 0 Å². The molecular formula is C16H22N2. The lowest BCUT2D eigenvalue weighted by molar-refractivity contribution is 0.525. The molecule has 0 unspecified atom stereocenters. The molecular weight excluding hydrogens is 220 g/mol. The number of aromatic nitrogens is 1. The highest BCUT2D eigenvalue weighted by Crippen LogP contribution is 2.23. The van der Waals surface area contributed by atoms with Gasteiger partial charge in [-0.25, -0.2) is 0 Å². The number of rotatable bonds is 3. The largest absolute Gasteiger partial charge is 0.350 e. The van der Waals surface area contributed by atoms with Crippen LogP contribution in [0.3, 0.4) is 0 Å². The molecule has 0 bridgehead atoms. The van der Waals surface area contributed by atoms with Crippen LogP contribution in [0.2, 0.25) is 0 Å². The molecule has 0 amide bonds. The van der Waals surface area contributed by atoms with Crippen LogP contribution < -0.4 is 5.32 Å². The summed E-state index contributed by atoms with van der Waals surface area (Å²) in [5.74, 6) is 0. The van der Waals surface area contributed by atoms with Crippen molar-refractivity contribution in [3.63, 3.8) is 0 Å². The molecule has 0 spiro atoms. The number of benzene rings is 1. The second-order valence-corrected chi connectivity index (χ2v) is 5.65. The Bertz CT molecular complexity index is 547. The zero-order chi connectivity index (χ0) is 12.5. The summed E-state index contributed by atoms with van der Waals surface area (Å²) >= 11 is 0. The molecule has 1 aromatic carbocycles. The van der Waals surface area contributed by atoms with Gasteiger partial charge < -0.3 is 9.88 Å². The molecule has 3 rings (SSSR count). The first-order valence-corrected chi connectivity index (χ1v) is 7.02. The lowest BCUT2D eigenvalue weighted by Gasteiger charge is -2.10. The summed E-state index contributed by atoms with van der Waals surface area (Å²) in [5, 5.41) is 5.10. The summed E-state index contributed by atoms with van der Waals surface area (Å²) in [6.07, 6.45) is 7.76. The average Bonchev–Trinajstić information content (AvgIpc) is 2.96. The topological polar surface area (TPSA) is 17.0 Å². The van der Waals surface area contributed by atoms with Crippen molar-refractivity contribution in [3.8, 4) is 0 Å². The Morgan fingerprint density at radius 3 is 2.83 bits per heavy atom. The molecule has 0 radical (unpaired) electrons. The number of aryl methyl sites for hydroxylation is 2. The highest BCUT2D eigenvalue weighted by Gasteiger charge is 2.15. The molecule has 1 aliphatic carbocycles. The Morgan fingerprint density at radius 1 is 1.28 bits per heavy atom. The van der Waals surface area contributed by atoms with Crippen LogP contribution in [-0.2, 0) is 13.6 Å². The van der Waals surface area contributed by atoms with E-state index in [1.165, 1.54) is 47.7 Å². The Hall–Kier alpha value is -1.28. The van der Waals surface area contributed by atoms with E-state index in [9.17, 15) is 0 Å². The first kappa shape index (κ1) is 11.8. The van der Waals surface area contributed by atoms with Gasteiger partial charge in [0, 0.05) is 36.7 Å². The minimum absolute atomic E-state index is 0.741. The first-order chi connectivity index (χ1) is 8.74. The maximum atomic E-state index is 3.70. The number of hydrogen-bond acceptors (Lipinski definition) is 1. The molecule has 0 saturated heterocycles. The van der Waals surface area contributed by atoms with Crippen molar-refractivity contribution in [2.24, 2.45) is 7.05 Å². The van der Waals surface area contributed by atoms with E-state index in [-0.39, 0.29) is 0 Å². The summed E-state index contributed by atoms with van der Waals surface area (Å²) in [6, 6.07) is 7.48. The quantitative estimate of drug-likeness (QED) is 0.871. The van der Waals surface area contributed by atoms with Crippen LogP contribution in [0, 0.1) is 6.92 Å². The average molecular weight is 242 g/mol. The third-order valence-corrected chi connectivity index (χ3v) is 4.17. The van der Waals surface area contributed by atoms with Crippen molar-refractivity contribution in [2.75, 3.05) is 0 Å². The molecule has 2 heteroatoms. The third kappa shape index (κ3) is 2.17. The van der Waals surface area contributed by atoms with Crippen LogP contribution in [0.4, 0.5) is 0 Å². The van der Waals surface area contributed by atoms with E-state index >= 15 is 0 Å². The molecule has 0 aliphatic heterocycles. The zero-order valence-corrected chi connectivity index (χ0v) is 11.4. The normalized spacial score (nSPS) is 16.8. The van der Waals surface area contributed by atoms with Crippen LogP contribution in [0.1, 0.15) is 36.8 Å². The van der Waals surface area contributed by atoms with Gasteiger partial charge in [-0.2, -0.15) is 0 Å². The minimum Gasteiger partial charge on any atom is -0.350 e. The number of fused-ring (bicyclic) bond motifs is 1. The molecule has 1 aromatic heterocycles. The molecule has 2 aromatic rings. The van der Waals surface area contributed by atoms with Crippen molar-refractivity contribution in [3.05, 3.63) is 35.5 Å². The summed E-state index contributed by atoms with van der Waals surface area (Å²) in [4.78, 5) is 0. The van der Waals surface area contributed by atoms with Crippen LogP contribution in [0.25, 0.3) is 10.9 Å². The maximum Gasteiger partial charge on any atom is 0.0483 e. The maximum absolute atomic E-state index is 3.70. The van der Waals surface area contributed by atoms with Gasteiger partial charge in [0.25, 0.3) is 0 Å². The highest BCUT2D eigenvalue weighted by atomic mass is 14.9. The van der Waals surface area contributed by atoms with Crippen molar-refractivity contribution in [1.82, 2.24) is 9.88 Å². The number of nitrogens with one attached hydrogen (secondary N) is 1. The molecule has 96 valence electrons. The van der Waals surface area contributed by atoms with Crippen LogP contribution in [0.15, 0.2) is 24.4 Å². The summed E-state index contributed by atoms with van der Waals surface area (Å²) in [7, 11) is 2.14. The smallest absolute Gasteiger partial charge is 0.0483 e. The minimum atomic E-state index is 0.741. The van der Waals surface area contributed by atoms with Crippen molar-refractivity contribution in [2.45, 2.75) is 45.2 Å². The van der Waals surface area contributed by atoms with E-state index in [2.05, 4.69) is 48.3 Å². The first-order valence-electron chi connectivity index (χ1n) is 7.02. The second-order valence-electron chi connectivity index (χ2n) is 5.65. The fourth-order valence-electron chi connectivity index (χ4n) is 3.10. The lowest BCUT2D eigenvalue weighted by Crippen LogP contribution is -2.25. The second kappa shape index (κ2) is 4.77. The van der Waals surface area contributed by atoms with Gasteiger partial charge in [-0.1, -0.05) is 25.0 Å². The molecule has 2 nitrogen and oxygen atoms in total. The predicted molar refractivity (Wildman–Crippen MR) is 76.8 cm³/mol. The van der Waals surface area contributed by atoms with Gasteiger partial charge in [0.2, 0.25) is 0 Å². The van der Waals surface area contributed by atoms with Gasteiger partial charge in [0.15, 0.2) is 0 Å². The monoisotopic (exact) mass is 242 g/mol. The van der Waals surface area contributed by atoms with Crippen LogP contribution >= 0.6 is 0 Å². The van der Waals surface area contributed by atoms with Crippen molar-refractivity contribution < 1.29 is 0 Å². The summed E-state index contributed by atoms with van der Waals surface area (Å²) in [5.41, 5.74) is 4.11. The van der Waals surface area contributed by atoms with E-state index < -0.39 is 0 Å². The van der Waals surface area contributed by atoms with E-state index in [1.54, 1.807) is 0 Å². The summed E-state index contributed by atoms with van der Waals surface area (Å²) < 4.78 is 2.24. The fourth-order valence-corrected chi connectivity index (χ4v) is 3.10. The molecule has 1 saturated carbocycles. The third-order valence-electron chi connectivity index (χ3n) is 4.17.